The zero-order valence-electron chi connectivity index (χ0n) is 10.3. The summed E-state index contributed by atoms with van der Waals surface area (Å²) in [7, 11) is 0. The maximum absolute atomic E-state index is 8.83. The van der Waals surface area contributed by atoms with Crippen LogP contribution in [0.1, 0.15) is 16.8 Å². The number of nitriles is 1. The first-order valence-corrected chi connectivity index (χ1v) is 5.83. The molecule has 0 aliphatic carbocycles. The van der Waals surface area contributed by atoms with Gasteiger partial charge in [-0.05, 0) is 42.8 Å². The highest BCUT2D eigenvalue weighted by Crippen LogP contribution is 2.16. The predicted octanol–water partition coefficient (Wildman–Crippen LogP) is 2.88. The maximum atomic E-state index is 8.83. The van der Waals surface area contributed by atoms with E-state index in [1.54, 1.807) is 12.3 Å². The third-order valence-corrected chi connectivity index (χ3v) is 2.67. The van der Waals surface area contributed by atoms with E-state index in [2.05, 4.69) is 11.1 Å². The molecule has 3 heteroatoms. The van der Waals surface area contributed by atoms with E-state index >= 15 is 0 Å². The monoisotopic (exact) mass is 238 g/mol. The quantitative estimate of drug-likeness (QED) is 0.822. The van der Waals surface area contributed by atoms with Crippen LogP contribution in [0.25, 0.3) is 0 Å². The van der Waals surface area contributed by atoms with Crippen molar-refractivity contribution in [2.75, 3.05) is 6.61 Å². The minimum atomic E-state index is 0.586. The number of ether oxygens (including phenoxy) is 1. The molecule has 90 valence electrons. The van der Waals surface area contributed by atoms with Crippen LogP contribution >= 0.6 is 0 Å². The van der Waals surface area contributed by atoms with Crippen molar-refractivity contribution in [1.29, 1.82) is 5.26 Å². The molecule has 0 aliphatic heterocycles. The molecule has 0 amide bonds. The summed E-state index contributed by atoms with van der Waals surface area (Å²) in [5.41, 5.74) is 2.64. The molecule has 18 heavy (non-hydrogen) atoms. The molecule has 3 nitrogen and oxygen atoms in total. The highest BCUT2D eigenvalue weighted by Gasteiger charge is 2.00. The molecule has 0 N–H and O–H groups in total. The van der Waals surface area contributed by atoms with E-state index in [1.807, 2.05) is 37.3 Å². The molecule has 1 heterocycles. The van der Waals surface area contributed by atoms with Crippen molar-refractivity contribution in [1.82, 2.24) is 4.98 Å². The Kier molecular flexibility index (Phi) is 3.93. The summed E-state index contributed by atoms with van der Waals surface area (Å²) in [5, 5.41) is 8.83. The molecule has 1 aromatic heterocycles. The van der Waals surface area contributed by atoms with Crippen LogP contribution in [0, 0.1) is 18.3 Å². The number of nitrogens with zero attached hydrogens (tertiary/aromatic N) is 2. The minimum absolute atomic E-state index is 0.586. The fraction of sp³-hybridized carbons (Fsp3) is 0.200. The largest absolute Gasteiger partial charge is 0.493 e. The van der Waals surface area contributed by atoms with Crippen LogP contribution in [-0.4, -0.2) is 11.6 Å². The Morgan fingerprint density at radius 3 is 2.83 bits per heavy atom. The fourth-order valence-corrected chi connectivity index (χ4v) is 1.67. The Morgan fingerprint density at radius 1 is 1.28 bits per heavy atom. The Balaban J connectivity index is 1.91. The average molecular weight is 238 g/mol. The van der Waals surface area contributed by atoms with E-state index in [0.717, 1.165) is 23.4 Å². The van der Waals surface area contributed by atoms with Crippen molar-refractivity contribution in [3.63, 3.8) is 0 Å². The lowest BCUT2D eigenvalue weighted by Gasteiger charge is -2.07. The lowest BCUT2D eigenvalue weighted by Crippen LogP contribution is -2.02. The third-order valence-electron chi connectivity index (χ3n) is 2.67. The van der Waals surface area contributed by atoms with Gasteiger partial charge in [-0.2, -0.15) is 5.26 Å². The molecule has 2 aromatic rings. The van der Waals surface area contributed by atoms with Gasteiger partial charge in [-0.25, -0.2) is 0 Å². The van der Waals surface area contributed by atoms with Crippen LogP contribution in [0.15, 0.2) is 42.6 Å². The molecule has 0 aliphatic rings. The first kappa shape index (κ1) is 12.1. The molecule has 0 unspecified atom stereocenters. The van der Waals surface area contributed by atoms with E-state index in [0.29, 0.717) is 12.2 Å². The summed E-state index contributed by atoms with van der Waals surface area (Å²) in [4.78, 5) is 4.23. The first-order chi connectivity index (χ1) is 8.79. The summed E-state index contributed by atoms with van der Waals surface area (Å²) in [6.07, 6.45) is 2.56. The van der Waals surface area contributed by atoms with Crippen LogP contribution in [0.3, 0.4) is 0 Å². The molecule has 0 atom stereocenters. The topological polar surface area (TPSA) is 45.9 Å². The zero-order valence-corrected chi connectivity index (χ0v) is 10.3. The fourth-order valence-electron chi connectivity index (χ4n) is 1.67. The lowest BCUT2D eigenvalue weighted by molar-refractivity contribution is 0.320. The lowest BCUT2D eigenvalue weighted by atomic mass is 10.1. The van der Waals surface area contributed by atoms with Gasteiger partial charge in [0.2, 0.25) is 0 Å². The smallest absolute Gasteiger partial charge is 0.119 e. The Morgan fingerprint density at radius 2 is 2.17 bits per heavy atom. The van der Waals surface area contributed by atoms with E-state index < -0.39 is 0 Å². The number of benzene rings is 1. The van der Waals surface area contributed by atoms with Crippen molar-refractivity contribution in [2.45, 2.75) is 13.3 Å². The Bertz CT molecular complexity index is 558. The molecule has 0 saturated heterocycles. The molecule has 2 rings (SSSR count). The Hall–Kier alpha value is -2.34. The summed E-state index contributed by atoms with van der Waals surface area (Å²) < 4.78 is 5.64. The highest BCUT2D eigenvalue weighted by atomic mass is 16.5. The number of rotatable bonds is 4. The number of hydrogen-bond donors (Lipinski definition) is 0. The SMILES string of the molecule is Cc1cc(OCCc2ccccn2)ccc1C#N. The number of aryl methyl sites for hydroxylation is 1. The van der Waals surface area contributed by atoms with Gasteiger partial charge in [-0.3, -0.25) is 4.98 Å². The molecule has 0 bridgehead atoms. The van der Waals surface area contributed by atoms with Crippen molar-refractivity contribution in [2.24, 2.45) is 0 Å². The van der Waals surface area contributed by atoms with E-state index in [-0.39, 0.29) is 0 Å². The highest BCUT2D eigenvalue weighted by molar-refractivity contribution is 5.41. The number of aromatic nitrogens is 1. The first-order valence-electron chi connectivity index (χ1n) is 5.83. The molecule has 0 radical (unpaired) electrons. The van der Waals surface area contributed by atoms with Gasteiger partial charge in [-0.15, -0.1) is 0 Å². The van der Waals surface area contributed by atoms with Crippen molar-refractivity contribution in [3.05, 3.63) is 59.4 Å². The standard InChI is InChI=1S/C15H14N2O/c1-12-10-15(6-5-13(12)11-16)18-9-7-14-4-2-3-8-17-14/h2-6,8,10H,7,9H2,1H3. The molecule has 0 fully saturated rings. The molecule has 1 aromatic carbocycles. The van der Waals surface area contributed by atoms with E-state index in [4.69, 9.17) is 10.00 Å². The van der Waals surface area contributed by atoms with Gasteiger partial charge in [-0.1, -0.05) is 6.07 Å². The zero-order chi connectivity index (χ0) is 12.8. The second kappa shape index (κ2) is 5.83. The van der Waals surface area contributed by atoms with Gasteiger partial charge >= 0.3 is 0 Å². The summed E-state index contributed by atoms with van der Waals surface area (Å²) in [6.45, 7) is 2.49. The predicted molar refractivity (Wildman–Crippen MR) is 69.3 cm³/mol. The van der Waals surface area contributed by atoms with E-state index in [1.165, 1.54) is 0 Å². The number of hydrogen-bond acceptors (Lipinski definition) is 3. The van der Waals surface area contributed by atoms with Crippen molar-refractivity contribution in [3.8, 4) is 11.8 Å². The van der Waals surface area contributed by atoms with Crippen LogP contribution in [0.4, 0.5) is 0 Å². The minimum Gasteiger partial charge on any atom is -0.493 e. The second-order valence-corrected chi connectivity index (χ2v) is 4.01. The second-order valence-electron chi connectivity index (χ2n) is 4.01. The molecule has 0 spiro atoms. The maximum Gasteiger partial charge on any atom is 0.119 e. The van der Waals surface area contributed by atoms with Crippen molar-refractivity contribution < 1.29 is 4.74 Å². The van der Waals surface area contributed by atoms with Crippen LogP contribution in [0.5, 0.6) is 5.75 Å². The summed E-state index contributed by atoms with van der Waals surface area (Å²) >= 11 is 0. The van der Waals surface area contributed by atoms with E-state index in [9.17, 15) is 0 Å². The van der Waals surface area contributed by atoms with Gasteiger partial charge in [0.1, 0.15) is 5.75 Å². The molecular formula is C15H14N2O. The summed E-state index contributed by atoms with van der Waals surface area (Å²) in [5.74, 6) is 0.794. The third kappa shape index (κ3) is 3.08. The molecule has 0 saturated carbocycles. The Labute approximate surface area is 107 Å². The summed E-state index contributed by atoms with van der Waals surface area (Å²) in [6, 6.07) is 13.5. The van der Waals surface area contributed by atoms with Gasteiger partial charge in [0.15, 0.2) is 0 Å². The van der Waals surface area contributed by atoms with Crippen LogP contribution in [0.2, 0.25) is 0 Å². The van der Waals surface area contributed by atoms with Crippen LogP contribution < -0.4 is 4.74 Å². The van der Waals surface area contributed by atoms with Gasteiger partial charge in [0, 0.05) is 18.3 Å². The van der Waals surface area contributed by atoms with Gasteiger partial charge < -0.3 is 4.74 Å². The molecular weight excluding hydrogens is 224 g/mol. The normalized spacial score (nSPS) is 9.78. The van der Waals surface area contributed by atoms with Crippen molar-refractivity contribution >= 4 is 0 Å². The van der Waals surface area contributed by atoms with Crippen LogP contribution in [-0.2, 0) is 6.42 Å². The number of pyridine rings is 1. The van der Waals surface area contributed by atoms with Gasteiger partial charge in [0.25, 0.3) is 0 Å². The van der Waals surface area contributed by atoms with Gasteiger partial charge in [0.05, 0.1) is 18.2 Å². The average Bonchev–Trinajstić information content (AvgIpc) is 2.40.